The van der Waals surface area contributed by atoms with Crippen LogP contribution >= 0.6 is 0 Å². The van der Waals surface area contributed by atoms with Crippen molar-refractivity contribution in [1.82, 2.24) is 0 Å². The number of methoxy groups -OCH3 is 3. The number of anilines is 2. The minimum absolute atomic E-state index is 0.149. The Morgan fingerprint density at radius 1 is 1.06 bits per heavy atom. The topological polar surface area (TPSA) is 105 Å². The monoisotopic (exact) mass is 480 g/mol. The smallest absolute Gasteiger partial charge is 0.234 e. The fourth-order valence-corrected chi connectivity index (χ4v) is 5.45. The molecule has 2 bridgehead atoms. The molecule has 0 unspecified atom stereocenters. The summed E-state index contributed by atoms with van der Waals surface area (Å²) in [6.07, 6.45) is 3.30. The van der Waals surface area contributed by atoms with E-state index in [9.17, 15) is 9.59 Å². The van der Waals surface area contributed by atoms with Crippen molar-refractivity contribution in [3.63, 3.8) is 0 Å². The van der Waals surface area contributed by atoms with Crippen LogP contribution in [0.1, 0.15) is 0 Å². The largest absolute Gasteiger partial charge is 0.493 e. The summed E-state index contributed by atoms with van der Waals surface area (Å²) in [5.41, 5.74) is 0.283. The predicted molar refractivity (Wildman–Crippen MR) is 123 cm³/mol. The second-order valence-electron chi connectivity index (χ2n) is 8.77. The third-order valence-corrected chi connectivity index (χ3v) is 7.00. The zero-order valence-electron chi connectivity index (χ0n) is 19.4. The van der Waals surface area contributed by atoms with Gasteiger partial charge in [-0.3, -0.25) is 9.59 Å². The summed E-state index contributed by atoms with van der Waals surface area (Å²) >= 11 is 0. The Morgan fingerprint density at radius 2 is 1.80 bits per heavy atom. The number of carbonyl (C=O) groups is 2. The van der Waals surface area contributed by atoms with Crippen LogP contribution in [0.25, 0.3) is 0 Å². The number of hydrogen-bond donors (Lipinski definition) is 1. The molecular formula is C25H24N2O8. The van der Waals surface area contributed by atoms with Crippen LogP contribution in [0.15, 0.2) is 42.5 Å². The van der Waals surface area contributed by atoms with Crippen LogP contribution < -0.4 is 33.9 Å². The van der Waals surface area contributed by atoms with Crippen molar-refractivity contribution in [2.45, 2.75) is 11.7 Å². The first-order chi connectivity index (χ1) is 17.0. The highest BCUT2D eigenvalue weighted by atomic mass is 16.7. The van der Waals surface area contributed by atoms with Crippen LogP contribution in [0.4, 0.5) is 11.4 Å². The van der Waals surface area contributed by atoms with E-state index in [0.717, 1.165) is 0 Å². The first-order valence-electron chi connectivity index (χ1n) is 11.2. The Labute approximate surface area is 201 Å². The number of nitrogens with zero attached hydrogens (tertiary/aromatic N) is 1. The molecule has 2 fully saturated rings. The molecule has 4 heterocycles. The molecule has 0 radical (unpaired) electrons. The van der Waals surface area contributed by atoms with E-state index in [1.165, 1.54) is 21.3 Å². The van der Waals surface area contributed by atoms with Crippen molar-refractivity contribution >= 4 is 23.2 Å². The van der Waals surface area contributed by atoms with Crippen LogP contribution in [0, 0.1) is 11.8 Å². The molecule has 1 N–H and O–H groups in total. The molecule has 182 valence electrons. The highest BCUT2D eigenvalue weighted by Crippen LogP contribution is 2.53. The molecule has 4 atom stereocenters. The molecule has 4 aliphatic heterocycles. The Bertz CT molecular complexity index is 1240. The van der Waals surface area contributed by atoms with Crippen LogP contribution in [-0.2, 0) is 14.3 Å². The van der Waals surface area contributed by atoms with Crippen LogP contribution in [0.5, 0.6) is 28.7 Å². The number of rotatable bonds is 6. The van der Waals surface area contributed by atoms with Gasteiger partial charge in [0.1, 0.15) is 5.60 Å². The Hall–Kier alpha value is -3.92. The SMILES string of the molecule is COc1cc(NC(=O)[C@H]2[C@H]3C(=O)N(c4ccc5c(c4)OCO5)C[C@]34C=C[C@H]2O4)cc(OC)c1OC. The number of carbonyl (C=O) groups excluding carboxylic acids is 2. The molecule has 0 aliphatic carbocycles. The summed E-state index contributed by atoms with van der Waals surface area (Å²) in [4.78, 5) is 28.8. The van der Waals surface area contributed by atoms with Gasteiger partial charge < -0.3 is 38.6 Å². The van der Waals surface area contributed by atoms with Crippen molar-refractivity contribution in [1.29, 1.82) is 0 Å². The summed E-state index contributed by atoms with van der Waals surface area (Å²) in [5.74, 6) is 0.643. The summed E-state index contributed by atoms with van der Waals surface area (Å²) in [7, 11) is 4.51. The van der Waals surface area contributed by atoms with E-state index < -0.39 is 23.5 Å². The average molecular weight is 480 g/mol. The van der Waals surface area contributed by atoms with E-state index in [1.54, 1.807) is 29.2 Å². The van der Waals surface area contributed by atoms with E-state index >= 15 is 0 Å². The lowest BCUT2D eigenvalue weighted by atomic mass is 9.77. The Morgan fingerprint density at radius 3 is 2.51 bits per heavy atom. The van der Waals surface area contributed by atoms with E-state index in [2.05, 4.69) is 5.32 Å². The molecule has 10 nitrogen and oxygen atoms in total. The average Bonchev–Trinajstić information content (AvgIpc) is 3.63. The van der Waals surface area contributed by atoms with Crippen LogP contribution in [-0.4, -0.2) is 58.2 Å². The lowest BCUT2D eigenvalue weighted by Crippen LogP contribution is -2.41. The molecule has 35 heavy (non-hydrogen) atoms. The van der Waals surface area contributed by atoms with Gasteiger partial charge in [-0.1, -0.05) is 12.2 Å². The van der Waals surface area contributed by atoms with Gasteiger partial charge in [-0.05, 0) is 12.1 Å². The third kappa shape index (κ3) is 3.13. The summed E-state index contributed by atoms with van der Waals surface area (Å²) in [6, 6.07) is 8.66. The molecular weight excluding hydrogens is 456 g/mol. The standard InChI is InChI=1S/C25H24N2O8/c1-30-18-8-13(9-19(31-2)22(18)32-3)26-23(28)20-16-6-7-25(35-16)11-27(24(29)21(20)25)14-4-5-15-17(10-14)34-12-33-15/h4-10,16,20-21H,11-12H2,1-3H3,(H,26,28)/t16-,20-,21+,25-/m1/s1. The van der Waals surface area contributed by atoms with Gasteiger partial charge >= 0.3 is 0 Å². The van der Waals surface area contributed by atoms with Gasteiger partial charge in [-0.25, -0.2) is 0 Å². The quantitative estimate of drug-likeness (QED) is 0.629. The molecule has 2 aromatic carbocycles. The number of benzene rings is 2. The van der Waals surface area contributed by atoms with Crippen molar-refractivity contribution in [2.75, 3.05) is 44.9 Å². The van der Waals surface area contributed by atoms with Crippen molar-refractivity contribution in [3.8, 4) is 28.7 Å². The maximum Gasteiger partial charge on any atom is 0.234 e. The molecule has 2 saturated heterocycles. The third-order valence-electron chi connectivity index (χ3n) is 7.00. The van der Waals surface area contributed by atoms with Crippen LogP contribution in [0.2, 0.25) is 0 Å². The van der Waals surface area contributed by atoms with E-state index in [4.69, 9.17) is 28.4 Å². The number of nitrogens with one attached hydrogen (secondary N) is 1. The molecule has 0 saturated carbocycles. The highest BCUT2D eigenvalue weighted by molar-refractivity contribution is 6.05. The second-order valence-corrected chi connectivity index (χ2v) is 8.77. The first kappa shape index (κ1) is 21.6. The van der Waals surface area contributed by atoms with Crippen LogP contribution in [0.3, 0.4) is 0 Å². The number of amides is 2. The second kappa shape index (κ2) is 7.81. The minimum atomic E-state index is -0.852. The number of fused-ring (bicyclic) bond motifs is 2. The number of ether oxygens (including phenoxy) is 6. The lowest BCUT2D eigenvalue weighted by Gasteiger charge is -2.24. The maximum absolute atomic E-state index is 13.6. The molecule has 10 heteroatoms. The van der Waals surface area contributed by atoms with Crippen molar-refractivity contribution in [2.24, 2.45) is 11.8 Å². The zero-order chi connectivity index (χ0) is 24.3. The lowest BCUT2D eigenvalue weighted by molar-refractivity contribution is -0.128. The van der Waals surface area contributed by atoms with Gasteiger partial charge in [0.2, 0.25) is 24.4 Å². The maximum atomic E-state index is 13.6. The normalized spacial score (nSPS) is 27.2. The molecule has 1 spiro atoms. The van der Waals surface area contributed by atoms with Crippen molar-refractivity contribution in [3.05, 3.63) is 42.5 Å². The first-order valence-corrected chi connectivity index (χ1v) is 11.2. The van der Waals surface area contributed by atoms with Gasteiger partial charge in [0.15, 0.2) is 23.0 Å². The minimum Gasteiger partial charge on any atom is -0.493 e. The highest BCUT2D eigenvalue weighted by Gasteiger charge is 2.67. The fourth-order valence-electron chi connectivity index (χ4n) is 5.45. The van der Waals surface area contributed by atoms with E-state index in [-0.39, 0.29) is 18.6 Å². The van der Waals surface area contributed by atoms with E-state index in [1.807, 2.05) is 18.2 Å². The Balaban J connectivity index is 1.28. The fraction of sp³-hybridized carbons (Fsp3) is 0.360. The molecule has 2 amide bonds. The molecule has 2 aromatic rings. The predicted octanol–water partition coefficient (Wildman–Crippen LogP) is 2.37. The summed E-state index contributed by atoms with van der Waals surface area (Å²) < 4.78 is 33.2. The molecule has 4 aliphatic rings. The van der Waals surface area contributed by atoms with Gasteiger partial charge in [-0.15, -0.1) is 0 Å². The van der Waals surface area contributed by atoms with Gasteiger partial charge in [-0.2, -0.15) is 0 Å². The van der Waals surface area contributed by atoms with Crippen molar-refractivity contribution < 1.29 is 38.0 Å². The summed E-state index contributed by atoms with van der Waals surface area (Å²) in [5, 5.41) is 2.91. The summed E-state index contributed by atoms with van der Waals surface area (Å²) in [6.45, 7) is 0.465. The van der Waals surface area contributed by atoms with Gasteiger partial charge in [0.25, 0.3) is 0 Å². The molecule has 6 rings (SSSR count). The van der Waals surface area contributed by atoms with Gasteiger partial charge in [0.05, 0.1) is 45.8 Å². The van der Waals surface area contributed by atoms with E-state index in [0.29, 0.717) is 46.7 Å². The van der Waals surface area contributed by atoms with Gasteiger partial charge in [0, 0.05) is 29.6 Å². The number of hydrogen-bond acceptors (Lipinski definition) is 8. The zero-order valence-corrected chi connectivity index (χ0v) is 19.4. The molecule has 0 aromatic heterocycles. The Kier molecular flexibility index (Phi) is 4.82.